The summed E-state index contributed by atoms with van der Waals surface area (Å²) < 4.78 is 4.54. The smallest absolute Gasteiger partial charge is 0.331 e. The molecule has 80 valence electrons. The highest BCUT2D eigenvalue weighted by atomic mass is 32.2. The highest BCUT2D eigenvalue weighted by Crippen LogP contribution is 2.21. The Hall–Kier alpha value is -0.770. The van der Waals surface area contributed by atoms with Gasteiger partial charge in [0.1, 0.15) is 6.29 Å². The molecule has 14 heavy (non-hydrogen) atoms. The molecule has 0 aliphatic heterocycles. The summed E-state index contributed by atoms with van der Waals surface area (Å²) in [5.41, 5.74) is 0. The van der Waals surface area contributed by atoms with Gasteiger partial charge in [-0.3, -0.25) is 0 Å². The molecule has 0 aromatic rings. The maximum Gasteiger partial charge on any atom is 0.331 e. The zero-order valence-corrected chi connectivity index (χ0v) is 9.43. The summed E-state index contributed by atoms with van der Waals surface area (Å²) in [4.78, 5) is 22.0. The number of hydrogen-bond donors (Lipinski definition) is 0. The molecule has 0 heterocycles. The molecular formula is C10H16O3S. The molecule has 0 rings (SSSR count). The van der Waals surface area contributed by atoms with Crippen LogP contribution in [0.5, 0.6) is 0 Å². The minimum atomic E-state index is -0.327. The van der Waals surface area contributed by atoms with Gasteiger partial charge < -0.3 is 9.53 Å². The van der Waals surface area contributed by atoms with Gasteiger partial charge in [-0.2, -0.15) is 0 Å². The molecule has 0 aromatic heterocycles. The average Bonchev–Trinajstić information content (AvgIpc) is 2.18. The number of aldehydes is 1. The molecule has 0 aromatic carbocycles. The van der Waals surface area contributed by atoms with E-state index < -0.39 is 0 Å². The summed E-state index contributed by atoms with van der Waals surface area (Å²) in [6.07, 6.45) is 4.75. The first-order valence-corrected chi connectivity index (χ1v) is 5.58. The van der Waals surface area contributed by atoms with Gasteiger partial charge in [0.25, 0.3) is 0 Å². The highest BCUT2D eigenvalue weighted by Gasteiger charge is 2.01. The van der Waals surface area contributed by atoms with Crippen molar-refractivity contribution in [2.75, 3.05) is 12.9 Å². The third kappa shape index (κ3) is 6.71. The monoisotopic (exact) mass is 216 g/mol. The van der Waals surface area contributed by atoms with Gasteiger partial charge >= 0.3 is 5.97 Å². The maximum absolute atomic E-state index is 10.9. The van der Waals surface area contributed by atoms with Crippen LogP contribution in [-0.4, -0.2) is 25.1 Å². The molecular weight excluding hydrogens is 200 g/mol. The van der Waals surface area contributed by atoms with Crippen molar-refractivity contribution in [2.45, 2.75) is 26.2 Å². The van der Waals surface area contributed by atoms with Crippen molar-refractivity contribution >= 4 is 24.0 Å². The van der Waals surface area contributed by atoms with Gasteiger partial charge in [-0.1, -0.05) is 13.3 Å². The van der Waals surface area contributed by atoms with Crippen LogP contribution >= 0.6 is 11.8 Å². The molecule has 0 atom stereocenters. The summed E-state index contributed by atoms with van der Waals surface area (Å²) >= 11 is 1.54. The van der Waals surface area contributed by atoms with Gasteiger partial charge in [0.15, 0.2) is 0 Å². The molecule has 0 amide bonds. The van der Waals surface area contributed by atoms with Crippen LogP contribution in [0.4, 0.5) is 0 Å². The zero-order chi connectivity index (χ0) is 10.8. The Kier molecular flexibility index (Phi) is 8.33. The average molecular weight is 216 g/mol. The van der Waals surface area contributed by atoms with Gasteiger partial charge in [-0.15, -0.1) is 11.8 Å². The normalized spacial score (nSPS) is 11.1. The van der Waals surface area contributed by atoms with E-state index in [4.69, 9.17) is 0 Å². The van der Waals surface area contributed by atoms with Gasteiger partial charge in [0, 0.05) is 18.2 Å². The van der Waals surface area contributed by atoms with E-state index >= 15 is 0 Å². The first-order valence-electron chi connectivity index (χ1n) is 4.59. The number of methoxy groups -OCH3 is 1. The van der Waals surface area contributed by atoms with Crippen molar-refractivity contribution in [3.63, 3.8) is 0 Å². The minimum Gasteiger partial charge on any atom is -0.466 e. The standard InChI is InChI=1S/C10H16O3S/c1-3-5-9(8-10(12)13-2)14-7-4-6-11/h6,8H,3-5,7H2,1-2H3/b9-8+. The lowest BCUT2D eigenvalue weighted by Gasteiger charge is -2.03. The van der Waals surface area contributed by atoms with Crippen molar-refractivity contribution in [3.05, 3.63) is 11.0 Å². The maximum atomic E-state index is 10.9. The van der Waals surface area contributed by atoms with Crippen LogP contribution in [0.2, 0.25) is 0 Å². The minimum absolute atomic E-state index is 0.327. The number of allylic oxidation sites excluding steroid dienone is 1. The lowest BCUT2D eigenvalue weighted by Crippen LogP contribution is -1.96. The van der Waals surface area contributed by atoms with E-state index in [0.717, 1.165) is 29.8 Å². The molecule has 0 N–H and O–H groups in total. The predicted octanol–water partition coefficient (Wildman–Crippen LogP) is 2.17. The molecule has 0 saturated heterocycles. The topological polar surface area (TPSA) is 43.4 Å². The van der Waals surface area contributed by atoms with Gasteiger partial charge in [-0.05, 0) is 11.3 Å². The number of carbonyl (C=O) groups is 2. The van der Waals surface area contributed by atoms with Crippen molar-refractivity contribution in [1.29, 1.82) is 0 Å². The number of carbonyl (C=O) groups excluding carboxylic acids is 2. The van der Waals surface area contributed by atoms with Crippen molar-refractivity contribution in [2.24, 2.45) is 0 Å². The lowest BCUT2D eigenvalue weighted by molar-refractivity contribution is -0.134. The molecule has 0 bridgehead atoms. The van der Waals surface area contributed by atoms with Crippen LogP contribution in [0.15, 0.2) is 11.0 Å². The molecule has 0 spiro atoms. The van der Waals surface area contributed by atoms with E-state index in [2.05, 4.69) is 4.74 Å². The fourth-order valence-electron chi connectivity index (χ4n) is 0.861. The van der Waals surface area contributed by atoms with Crippen molar-refractivity contribution < 1.29 is 14.3 Å². The van der Waals surface area contributed by atoms with Crippen LogP contribution in [0.25, 0.3) is 0 Å². The molecule has 0 unspecified atom stereocenters. The summed E-state index contributed by atoms with van der Waals surface area (Å²) in [5.74, 6) is 0.402. The first-order chi connectivity index (χ1) is 6.74. The highest BCUT2D eigenvalue weighted by molar-refractivity contribution is 8.03. The molecule has 0 fully saturated rings. The Morgan fingerprint density at radius 2 is 2.21 bits per heavy atom. The number of hydrogen-bond acceptors (Lipinski definition) is 4. The Labute approximate surface area is 88.9 Å². The third-order valence-electron chi connectivity index (χ3n) is 1.50. The van der Waals surface area contributed by atoms with Crippen molar-refractivity contribution in [1.82, 2.24) is 0 Å². The molecule has 0 aliphatic carbocycles. The third-order valence-corrected chi connectivity index (χ3v) is 2.63. The number of ether oxygens (including phenoxy) is 1. The van der Waals surface area contributed by atoms with E-state index in [9.17, 15) is 9.59 Å². The summed E-state index contributed by atoms with van der Waals surface area (Å²) in [7, 11) is 1.36. The van der Waals surface area contributed by atoms with E-state index in [1.54, 1.807) is 11.8 Å². The molecule has 0 aliphatic rings. The fraction of sp³-hybridized carbons (Fsp3) is 0.600. The van der Waals surface area contributed by atoms with Crippen LogP contribution in [0.1, 0.15) is 26.2 Å². The van der Waals surface area contributed by atoms with Crippen LogP contribution < -0.4 is 0 Å². The lowest BCUT2D eigenvalue weighted by atomic mass is 10.3. The van der Waals surface area contributed by atoms with Crippen LogP contribution in [-0.2, 0) is 14.3 Å². The van der Waals surface area contributed by atoms with E-state index in [1.807, 2.05) is 6.92 Å². The van der Waals surface area contributed by atoms with E-state index in [0.29, 0.717) is 6.42 Å². The quantitative estimate of drug-likeness (QED) is 0.283. The molecule has 3 nitrogen and oxygen atoms in total. The second kappa shape index (κ2) is 8.81. The van der Waals surface area contributed by atoms with Crippen LogP contribution in [0, 0.1) is 0 Å². The number of rotatable bonds is 7. The van der Waals surface area contributed by atoms with Gasteiger partial charge in [0.05, 0.1) is 7.11 Å². The zero-order valence-electron chi connectivity index (χ0n) is 8.62. The summed E-state index contributed by atoms with van der Waals surface area (Å²) in [6, 6.07) is 0. The van der Waals surface area contributed by atoms with Crippen LogP contribution in [0.3, 0.4) is 0 Å². The molecule has 4 heteroatoms. The van der Waals surface area contributed by atoms with Gasteiger partial charge in [-0.25, -0.2) is 4.79 Å². The fourth-order valence-corrected chi connectivity index (χ4v) is 1.87. The Morgan fingerprint density at radius 1 is 1.50 bits per heavy atom. The Bertz CT molecular complexity index is 211. The van der Waals surface area contributed by atoms with E-state index in [1.165, 1.54) is 13.2 Å². The summed E-state index contributed by atoms with van der Waals surface area (Å²) in [5, 5.41) is 0. The largest absolute Gasteiger partial charge is 0.466 e. The Morgan fingerprint density at radius 3 is 2.71 bits per heavy atom. The number of thioether (sulfide) groups is 1. The SMILES string of the molecule is CCC/C(=C\C(=O)OC)SCCC=O. The number of esters is 1. The molecule has 0 radical (unpaired) electrons. The first kappa shape index (κ1) is 13.2. The van der Waals surface area contributed by atoms with Gasteiger partial charge in [0.2, 0.25) is 0 Å². The summed E-state index contributed by atoms with van der Waals surface area (Å²) in [6.45, 7) is 2.05. The van der Waals surface area contributed by atoms with E-state index in [-0.39, 0.29) is 5.97 Å². The second-order valence-corrected chi connectivity index (χ2v) is 3.91. The van der Waals surface area contributed by atoms with Crippen molar-refractivity contribution in [3.8, 4) is 0 Å². The second-order valence-electron chi connectivity index (χ2n) is 2.69. The predicted molar refractivity (Wildman–Crippen MR) is 58.1 cm³/mol. The Balaban J connectivity index is 4.05. The molecule has 0 saturated carbocycles.